The first-order chi connectivity index (χ1) is 7.57. The minimum atomic E-state index is 0.485. The molecule has 0 amide bonds. The molecule has 0 aliphatic rings. The van der Waals surface area contributed by atoms with Crippen molar-refractivity contribution in [1.29, 1.82) is 0 Å². The van der Waals surface area contributed by atoms with Gasteiger partial charge in [0.2, 0.25) is 0 Å². The first-order valence-electron chi connectivity index (χ1n) is 5.94. The van der Waals surface area contributed by atoms with Crippen molar-refractivity contribution in [3.8, 4) is 5.75 Å². The Bertz CT molecular complexity index is 324. The van der Waals surface area contributed by atoms with E-state index in [4.69, 9.17) is 4.74 Å². The molecule has 0 heterocycles. The van der Waals surface area contributed by atoms with Gasteiger partial charge >= 0.3 is 0 Å². The zero-order chi connectivity index (χ0) is 12.1. The number of benzene rings is 1. The van der Waals surface area contributed by atoms with Gasteiger partial charge in [-0.1, -0.05) is 58.5 Å². The minimum Gasteiger partial charge on any atom is -0.489 e. The lowest BCUT2D eigenvalue weighted by Gasteiger charge is -2.19. The lowest BCUT2D eigenvalue weighted by molar-refractivity contribution is 0.352. The molecule has 0 spiro atoms. The highest BCUT2D eigenvalue weighted by atomic mass is 16.5. The average Bonchev–Trinajstić information content (AvgIpc) is 2.25. The molecule has 1 heteroatoms. The van der Waals surface area contributed by atoms with Crippen molar-refractivity contribution in [3.63, 3.8) is 0 Å². The highest BCUT2D eigenvalue weighted by molar-refractivity contribution is 5.44. The number of rotatable bonds is 5. The molecule has 0 N–H and O–H groups in total. The van der Waals surface area contributed by atoms with Crippen molar-refractivity contribution in [2.45, 2.75) is 39.5 Å². The molecule has 0 aliphatic carbocycles. The summed E-state index contributed by atoms with van der Waals surface area (Å²) in [4.78, 5) is 0. The third kappa shape index (κ3) is 2.88. The fourth-order valence-corrected chi connectivity index (χ4v) is 1.79. The summed E-state index contributed by atoms with van der Waals surface area (Å²) in [7, 11) is 0. The van der Waals surface area contributed by atoms with Crippen molar-refractivity contribution in [3.05, 3.63) is 42.0 Å². The minimum absolute atomic E-state index is 0.485. The lowest BCUT2D eigenvalue weighted by Crippen LogP contribution is -2.03. The molecule has 16 heavy (non-hydrogen) atoms. The molecule has 0 bridgehead atoms. The van der Waals surface area contributed by atoms with Crippen LogP contribution in [0, 0.1) is 0 Å². The number of para-hydroxylation sites is 1. The molecular formula is C15H22O. The summed E-state index contributed by atoms with van der Waals surface area (Å²) in [6.07, 6.45) is 1.79. The summed E-state index contributed by atoms with van der Waals surface area (Å²) in [6.45, 7) is 13.1. The highest BCUT2D eigenvalue weighted by Crippen LogP contribution is 2.34. The van der Waals surface area contributed by atoms with Gasteiger partial charge in [0.05, 0.1) is 0 Å². The maximum Gasteiger partial charge on any atom is 0.126 e. The van der Waals surface area contributed by atoms with E-state index in [1.807, 2.05) is 0 Å². The van der Waals surface area contributed by atoms with Gasteiger partial charge in [-0.25, -0.2) is 0 Å². The topological polar surface area (TPSA) is 9.23 Å². The Hall–Kier alpha value is -1.24. The fourth-order valence-electron chi connectivity index (χ4n) is 1.79. The SMILES string of the molecule is C=CCOc1c(C(C)C)cccc1C(C)C. The van der Waals surface area contributed by atoms with Crippen LogP contribution in [-0.2, 0) is 0 Å². The van der Waals surface area contributed by atoms with Gasteiger partial charge in [-0.05, 0) is 23.0 Å². The lowest BCUT2D eigenvalue weighted by atomic mass is 9.94. The second-order valence-corrected chi connectivity index (χ2v) is 4.67. The van der Waals surface area contributed by atoms with E-state index in [1.54, 1.807) is 6.08 Å². The summed E-state index contributed by atoms with van der Waals surface area (Å²) in [5.41, 5.74) is 2.57. The smallest absolute Gasteiger partial charge is 0.126 e. The molecule has 0 radical (unpaired) electrons. The van der Waals surface area contributed by atoms with Crippen LogP contribution >= 0.6 is 0 Å². The molecule has 1 nitrogen and oxygen atoms in total. The summed E-state index contributed by atoms with van der Waals surface area (Å²) in [6, 6.07) is 6.41. The van der Waals surface area contributed by atoms with E-state index >= 15 is 0 Å². The van der Waals surface area contributed by atoms with Gasteiger partial charge in [0.25, 0.3) is 0 Å². The Balaban J connectivity index is 3.17. The van der Waals surface area contributed by atoms with Crippen molar-refractivity contribution in [2.75, 3.05) is 6.61 Å². The van der Waals surface area contributed by atoms with Gasteiger partial charge in [-0.2, -0.15) is 0 Å². The number of hydrogen-bond acceptors (Lipinski definition) is 1. The molecule has 1 aromatic rings. The Morgan fingerprint density at radius 1 is 1.12 bits per heavy atom. The number of hydrogen-bond donors (Lipinski definition) is 0. The third-order valence-corrected chi connectivity index (χ3v) is 2.67. The quantitative estimate of drug-likeness (QED) is 0.661. The summed E-state index contributed by atoms with van der Waals surface area (Å²) in [5.74, 6) is 2.02. The second-order valence-electron chi connectivity index (χ2n) is 4.67. The first-order valence-corrected chi connectivity index (χ1v) is 5.94. The molecule has 1 aromatic carbocycles. The van der Waals surface area contributed by atoms with E-state index in [0.29, 0.717) is 18.4 Å². The van der Waals surface area contributed by atoms with E-state index in [2.05, 4.69) is 52.5 Å². The van der Waals surface area contributed by atoms with Gasteiger partial charge in [0, 0.05) is 0 Å². The fraction of sp³-hybridized carbons (Fsp3) is 0.467. The van der Waals surface area contributed by atoms with Gasteiger partial charge in [0.1, 0.15) is 12.4 Å². The highest BCUT2D eigenvalue weighted by Gasteiger charge is 2.14. The van der Waals surface area contributed by atoms with Crippen molar-refractivity contribution >= 4 is 0 Å². The molecular weight excluding hydrogens is 196 g/mol. The zero-order valence-corrected chi connectivity index (χ0v) is 10.8. The van der Waals surface area contributed by atoms with Crippen LogP contribution in [0.3, 0.4) is 0 Å². The predicted molar refractivity (Wildman–Crippen MR) is 70.3 cm³/mol. The van der Waals surface area contributed by atoms with E-state index in [9.17, 15) is 0 Å². The molecule has 0 atom stereocenters. The van der Waals surface area contributed by atoms with Gasteiger partial charge < -0.3 is 4.74 Å². The van der Waals surface area contributed by atoms with Crippen LogP contribution in [0.4, 0.5) is 0 Å². The molecule has 0 aliphatic heterocycles. The molecule has 0 aromatic heterocycles. The Labute approximate surface area is 99.1 Å². The maximum atomic E-state index is 5.82. The average molecular weight is 218 g/mol. The van der Waals surface area contributed by atoms with Gasteiger partial charge in [-0.15, -0.1) is 0 Å². The third-order valence-electron chi connectivity index (χ3n) is 2.67. The largest absolute Gasteiger partial charge is 0.489 e. The van der Waals surface area contributed by atoms with Crippen LogP contribution in [0.5, 0.6) is 5.75 Å². The van der Waals surface area contributed by atoms with Crippen molar-refractivity contribution < 1.29 is 4.74 Å². The van der Waals surface area contributed by atoms with Crippen molar-refractivity contribution in [2.24, 2.45) is 0 Å². The molecule has 0 saturated heterocycles. The van der Waals surface area contributed by atoms with Crippen LogP contribution < -0.4 is 4.74 Å². The van der Waals surface area contributed by atoms with Gasteiger partial charge in [-0.3, -0.25) is 0 Å². The number of ether oxygens (including phenoxy) is 1. The molecule has 1 rings (SSSR count). The summed E-state index contributed by atoms with van der Waals surface area (Å²) in [5, 5.41) is 0. The van der Waals surface area contributed by atoms with Crippen LogP contribution in [0.1, 0.15) is 50.7 Å². The summed E-state index contributed by atoms with van der Waals surface area (Å²) < 4.78 is 5.82. The second kappa shape index (κ2) is 5.74. The molecule has 88 valence electrons. The first kappa shape index (κ1) is 12.8. The normalized spacial score (nSPS) is 10.9. The van der Waals surface area contributed by atoms with Crippen LogP contribution in [-0.4, -0.2) is 6.61 Å². The Morgan fingerprint density at radius 2 is 1.62 bits per heavy atom. The van der Waals surface area contributed by atoms with Gasteiger partial charge in [0.15, 0.2) is 0 Å². The van der Waals surface area contributed by atoms with Crippen LogP contribution in [0.2, 0.25) is 0 Å². The molecule has 0 unspecified atom stereocenters. The summed E-state index contributed by atoms with van der Waals surface area (Å²) >= 11 is 0. The van der Waals surface area contributed by atoms with E-state index in [-0.39, 0.29) is 0 Å². The Morgan fingerprint density at radius 3 is 2.00 bits per heavy atom. The predicted octanol–water partition coefficient (Wildman–Crippen LogP) is 4.50. The zero-order valence-electron chi connectivity index (χ0n) is 10.8. The van der Waals surface area contributed by atoms with E-state index < -0.39 is 0 Å². The molecule has 0 saturated carbocycles. The van der Waals surface area contributed by atoms with Crippen LogP contribution in [0.15, 0.2) is 30.9 Å². The molecule has 0 fully saturated rings. The Kier molecular flexibility index (Phi) is 4.60. The standard InChI is InChI=1S/C15H22O/c1-6-10-16-15-13(11(2)3)8-7-9-14(15)12(4)5/h6-9,11-12H,1,10H2,2-5H3. The van der Waals surface area contributed by atoms with E-state index in [1.165, 1.54) is 11.1 Å². The monoisotopic (exact) mass is 218 g/mol. The van der Waals surface area contributed by atoms with Crippen LogP contribution in [0.25, 0.3) is 0 Å². The van der Waals surface area contributed by atoms with Crippen molar-refractivity contribution in [1.82, 2.24) is 0 Å². The van der Waals surface area contributed by atoms with E-state index in [0.717, 1.165) is 5.75 Å². The maximum absolute atomic E-state index is 5.82.